The van der Waals surface area contributed by atoms with Crippen LogP contribution in [-0.4, -0.2) is 42.6 Å². The molecule has 20 heavy (non-hydrogen) atoms. The van der Waals surface area contributed by atoms with Crippen LogP contribution < -0.4 is 5.32 Å². The van der Waals surface area contributed by atoms with Gasteiger partial charge in [-0.3, -0.25) is 4.79 Å². The van der Waals surface area contributed by atoms with Gasteiger partial charge in [0.05, 0.1) is 6.10 Å². The number of aliphatic hydroxyl groups is 1. The molecule has 1 rings (SSSR count). The van der Waals surface area contributed by atoms with Crippen LogP contribution in [0.1, 0.15) is 25.5 Å². The molecule has 1 amide bonds. The number of amides is 1. The number of hydrogen-bond donors (Lipinski definition) is 2. The fourth-order valence-electron chi connectivity index (χ4n) is 1.80. The highest BCUT2D eigenvalue weighted by Crippen LogP contribution is 2.23. The van der Waals surface area contributed by atoms with Crippen molar-refractivity contribution in [1.29, 1.82) is 0 Å². The van der Waals surface area contributed by atoms with Gasteiger partial charge in [0.2, 0.25) is 5.91 Å². The van der Waals surface area contributed by atoms with E-state index in [-0.39, 0.29) is 11.8 Å². The Morgan fingerprint density at radius 3 is 2.65 bits per heavy atom. The molecule has 2 N–H and O–H groups in total. The van der Waals surface area contributed by atoms with Gasteiger partial charge >= 0.3 is 0 Å². The van der Waals surface area contributed by atoms with Crippen LogP contribution in [-0.2, 0) is 4.79 Å². The molecule has 1 aromatic carbocycles. The zero-order valence-electron chi connectivity index (χ0n) is 12.3. The molecule has 112 valence electrons. The van der Waals surface area contributed by atoms with Crippen molar-refractivity contribution in [3.8, 4) is 0 Å². The van der Waals surface area contributed by atoms with Crippen LogP contribution in [0.15, 0.2) is 28.7 Å². The number of nitrogens with one attached hydrogen (secondary N) is 1. The van der Waals surface area contributed by atoms with E-state index in [9.17, 15) is 9.90 Å². The average Bonchev–Trinajstić information content (AvgIpc) is 2.38. The topological polar surface area (TPSA) is 52.6 Å². The summed E-state index contributed by atoms with van der Waals surface area (Å²) in [6.45, 7) is 5.57. The lowest BCUT2D eigenvalue weighted by atomic mass is 10.1. The molecule has 0 heterocycles. The summed E-state index contributed by atoms with van der Waals surface area (Å²) in [6.07, 6.45) is -0.545. The van der Waals surface area contributed by atoms with Crippen LogP contribution in [0.5, 0.6) is 0 Å². The monoisotopic (exact) mass is 342 g/mol. The third kappa shape index (κ3) is 5.61. The van der Waals surface area contributed by atoms with Crippen molar-refractivity contribution in [2.45, 2.75) is 20.0 Å². The molecule has 0 saturated heterocycles. The van der Waals surface area contributed by atoms with Gasteiger partial charge in [-0.25, -0.2) is 0 Å². The first-order valence-corrected chi connectivity index (χ1v) is 7.60. The molecule has 0 spiro atoms. The summed E-state index contributed by atoms with van der Waals surface area (Å²) in [5.74, 6) is 0.0657. The van der Waals surface area contributed by atoms with Crippen molar-refractivity contribution in [2.75, 3.05) is 26.7 Å². The van der Waals surface area contributed by atoms with Crippen molar-refractivity contribution < 1.29 is 9.90 Å². The van der Waals surface area contributed by atoms with Crippen molar-refractivity contribution in [3.63, 3.8) is 0 Å². The van der Waals surface area contributed by atoms with Crippen LogP contribution in [0, 0.1) is 5.92 Å². The summed E-state index contributed by atoms with van der Waals surface area (Å²) in [5.41, 5.74) is 0.880. The SMILES string of the molecule is CC(C)C(=O)NCCN(C)CC(O)c1ccccc1Br. The second-order valence-electron chi connectivity index (χ2n) is 5.25. The van der Waals surface area contributed by atoms with Crippen LogP contribution in [0.2, 0.25) is 0 Å². The van der Waals surface area contributed by atoms with E-state index in [2.05, 4.69) is 21.2 Å². The second-order valence-corrected chi connectivity index (χ2v) is 6.10. The third-order valence-electron chi connectivity index (χ3n) is 3.07. The minimum Gasteiger partial charge on any atom is -0.387 e. The summed E-state index contributed by atoms with van der Waals surface area (Å²) in [5, 5.41) is 13.1. The first-order valence-electron chi connectivity index (χ1n) is 6.80. The van der Waals surface area contributed by atoms with Crippen molar-refractivity contribution in [1.82, 2.24) is 10.2 Å². The quantitative estimate of drug-likeness (QED) is 0.798. The summed E-state index contributed by atoms with van der Waals surface area (Å²) in [4.78, 5) is 13.4. The molecule has 0 fully saturated rings. The third-order valence-corrected chi connectivity index (χ3v) is 3.79. The fraction of sp³-hybridized carbons (Fsp3) is 0.533. The Bertz CT molecular complexity index is 438. The van der Waals surface area contributed by atoms with Crippen LogP contribution in [0.25, 0.3) is 0 Å². The maximum atomic E-state index is 11.4. The number of hydrogen-bond acceptors (Lipinski definition) is 3. The Balaban J connectivity index is 2.37. The predicted octanol–water partition coefficient (Wildman–Crippen LogP) is 2.19. The number of rotatable bonds is 7. The number of halogens is 1. The molecule has 5 heteroatoms. The first-order chi connectivity index (χ1) is 9.41. The van der Waals surface area contributed by atoms with Gasteiger partial charge in [-0.05, 0) is 18.7 Å². The smallest absolute Gasteiger partial charge is 0.222 e. The molecule has 0 aliphatic carbocycles. The van der Waals surface area contributed by atoms with E-state index in [1.807, 2.05) is 50.1 Å². The average molecular weight is 343 g/mol. The van der Waals surface area contributed by atoms with Crippen molar-refractivity contribution in [3.05, 3.63) is 34.3 Å². The second kappa shape index (κ2) is 8.39. The highest BCUT2D eigenvalue weighted by Gasteiger charge is 2.13. The Kier molecular flexibility index (Phi) is 7.19. The van der Waals surface area contributed by atoms with Gasteiger partial charge < -0.3 is 15.3 Å². The Labute approximate surface area is 129 Å². The van der Waals surface area contributed by atoms with E-state index >= 15 is 0 Å². The van der Waals surface area contributed by atoms with E-state index in [1.165, 1.54) is 0 Å². The maximum Gasteiger partial charge on any atom is 0.222 e. The normalized spacial score (nSPS) is 12.8. The van der Waals surface area contributed by atoms with Gasteiger partial charge in [0.1, 0.15) is 0 Å². The van der Waals surface area contributed by atoms with Gasteiger partial charge in [0.25, 0.3) is 0 Å². The molecule has 0 aliphatic rings. The number of benzene rings is 1. The van der Waals surface area contributed by atoms with Gasteiger partial charge in [-0.2, -0.15) is 0 Å². The summed E-state index contributed by atoms with van der Waals surface area (Å²) in [6, 6.07) is 7.65. The minimum atomic E-state index is -0.545. The zero-order chi connectivity index (χ0) is 15.1. The van der Waals surface area contributed by atoms with Crippen LogP contribution >= 0.6 is 15.9 Å². The molecule has 1 unspecified atom stereocenters. The maximum absolute atomic E-state index is 11.4. The molecule has 0 radical (unpaired) electrons. The standard InChI is InChI=1S/C15H23BrN2O2/c1-11(2)15(20)17-8-9-18(3)10-14(19)12-6-4-5-7-13(12)16/h4-7,11,14,19H,8-10H2,1-3H3,(H,17,20). The van der Waals surface area contributed by atoms with E-state index in [0.717, 1.165) is 10.0 Å². The lowest BCUT2D eigenvalue weighted by molar-refractivity contribution is -0.124. The number of nitrogens with zero attached hydrogens (tertiary/aromatic N) is 1. The largest absolute Gasteiger partial charge is 0.387 e. The molecule has 1 atom stereocenters. The fourth-order valence-corrected chi connectivity index (χ4v) is 2.35. The Morgan fingerprint density at radius 2 is 2.05 bits per heavy atom. The summed E-state index contributed by atoms with van der Waals surface area (Å²) in [7, 11) is 1.93. The molecular formula is C15H23BrN2O2. The number of likely N-dealkylation sites (N-methyl/N-ethyl adjacent to an activating group) is 1. The molecule has 0 aromatic heterocycles. The van der Waals surface area contributed by atoms with Gasteiger partial charge in [-0.15, -0.1) is 0 Å². The highest BCUT2D eigenvalue weighted by molar-refractivity contribution is 9.10. The number of aliphatic hydroxyl groups excluding tert-OH is 1. The molecular weight excluding hydrogens is 320 g/mol. The molecule has 0 saturated carbocycles. The predicted molar refractivity (Wildman–Crippen MR) is 84.4 cm³/mol. The van der Waals surface area contributed by atoms with Gasteiger partial charge in [-0.1, -0.05) is 48.0 Å². The Morgan fingerprint density at radius 1 is 1.40 bits per heavy atom. The van der Waals surface area contributed by atoms with Crippen molar-refractivity contribution >= 4 is 21.8 Å². The molecule has 1 aromatic rings. The Hall–Kier alpha value is -0.910. The minimum absolute atomic E-state index is 0.00571. The molecule has 0 bridgehead atoms. The van der Waals surface area contributed by atoms with E-state index in [4.69, 9.17) is 0 Å². The highest BCUT2D eigenvalue weighted by atomic mass is 79.9. The van der Waals surface area contributed by atoms with Crippen LogP contribution in [0.4, 0.5) is 0 Å². The molecule has 4 nitrogen and oxygen atoms in total. The van der Waals surface area contributed by atoms with E-state index in [0.29, 0.717) is 19.6 Å². The number of carbonyl (C=O) groups excluding carboxylic acids is 1. The number of carbonyl (C=O) groups is 1. The van der Waals surface area contributed by atoms with E-state index < -0.39 is 6.10 Å². The summed E-state index contributed by atoms with van der Waals surface area (Å²) >= 11 is 3.44. The summed E-state index contributed by atoms with van der Waals surface area (Å²) < 4.78 is 0.911. The van der Waals surface area contributed by atoms with Gasteiger partial charge in [0, 0.05) is 30.0 Å². The van der Waals surface area contributed by atoms with Gasteiger partial charge in [0.15, 0.2) is 0 Å². The zero-order valence-corrected chi connectivity index (χ0v) is 13.9. The first kappa shape index (κ1) is 17.1. The lowest BCUT2D eigenvalue weighted by Crippen LogP contribution is -2.36. The van der Waals surface area contributed by atoms with Crippen molar-refractivity contribution in [2.24, 2.45) is 5.92 Å². The lowest BCUT2D eigenvalue weighted by Gasteiger charge is -2.21. The van der Waals surface area contributed by atoms with Crippen LogP contribution in [0.3, 0.4) is 0 Å². The molecule has 0 aliphatic heterocycles. The van der Waals surface area contributed by atoms with E-state index in [1.54, 1.807) is 0 Å².